The van der Waals surface area contributed by atoms with Crippen LogP contribution in [0.1, 0.15) is 66.2 Å². The summed E-state index contributed by atoms with van der Waals surface area (Å²) < 4.78 is 37.7. The molecular weight excluding hydrogens is 538 g/mol. The maximum Gasteiger partial charge on any atom is 0.366 e. The summed E-state index contributed by atoms with van der Waals surface area (Å²) in [4.78, 5) is 63.8. The largest absolute Gasteiger partial charge is 0.465 e. The van der Waals surface area contributed by atoms with Crippen LogP contribution in [0.5, 0.6) is 0 Å². The Morgan fingerprint density at radius 3 is 2.12 bits per heavy atom. The number of rotatable bonds is 11. The van der Waals surface area contributed by atoms with E-state index < -0.39 is 84.9 Å². The second kappa shape index (κ2) is 14.3. The van der Waals surface area contributed by atoms with E-state index in [9.17, 15) is 34.6 Å². The van der Waals surface area contributed by atoms with Gasteiger partial charge in [0.25, 0.3) is 5.79 Å². The fourth-order valence-electron chi connectivity index (χ4n) is 4.82. The zero-order chi connectivity index (χ0) is 30.1. The van der Waals surface area contributed by atoms with Crippen molar-refractivity contribution in [2.75, 3.05) is 13.7 Å². The molecule has 0 amide bonds. The summed E-state index contributed by atoms with van der Waals surface area (Å²) in [6.07, 6.45) is -3.09. The number of azide groups is 1. The summed E-state index contributed by atoms with van der Waals surface area (Å²) in [7, 11) is 1.03. The van der Waals surface area contributed by atoms with Gasteiger partial charge in [-0.25, -0.2) is 4.79 Å². The van der Waals surface area contributed by atoms with Crippen molar-refractivity contribution in [1.29, 1.82) is 0 Å². The molecule has 1 heterocycles. The van der Waals surface area contributed by atoms with E-state index in [1.165, 1.54) is 0 Å². The first-order valence-corrected chi connectivity index (χ1v) is 12.7. The van der Waals surface area contributed by atoms with Gasteiger partial charge in [-0.15, -0.1) is 0 Å². The van der Waals surface area contributed by atoms with Crippen LogP contribution in [-0.2, 0) is 57.1 Å². The Kier molecular flexibility index (Phi) is 11.7. The smallest absolute Gasteiger partial charge is 0.366 e. The fraction of sp³-hybridized carbons (Fsp3) is 0.792. The van der Waals surface area contributed by atoms with Crippen LogP contribution in [0.25, 0.3) is 10.4 Å². The molecule has 1 N–H and O–H groups in total. The van der Waals surface area contributed by atoms with Gasteiger partial charge < -0.3 is 38.3 Å². The van der Waals surface area contributed by atoms with Crippen molar-refractivity contribution in [3.05, 3.63) is 10.4 Å². The second-order valence-electron chi connectivity index (χ2n) is 9.46. The topological polar surface area (TPSA) is 219 Å². The third-order valence-corrected chi connectivity index (χ3v) is 6.28. The van der Waals surface area contributed by atoms with Crippen LogP contribution < -0.4 is 0 Å². The third-order valence-electron chi connectivity index (χ3n) is 6.28. The quantitative estimate of drug-likeness (QED) is 0.121. The Morgan fingerprint density at radius 1 is 1.00 bits per heavy atom. The molecule has 1 saturated heterocycles. The average molecular weight is 574 g/mol. The van der Waals surface area contributed by atoms with Gasteiger partial charge in [0.15, 0.2) is 12.2 Å². The van der Waals surface area contributed by atoms with Crippen LogP contribution in [0, 0.1) is 0 Å². The van der Waals surface area contributed by atoms with Crippen molar-refractivity contribution in [3.63, 3.8) is 0 Å². The van der Waals surface area contributed by atoms with E-state index in [2.05, 4.69) is 10.0 Å². The predicted octanol–water partition coefficient (Wildman–Crippen LogP) is 1.35. The second-order valence-corrected chi connectivity index (χ2v) is 9.46. The lowest BCUT2D eigenvalue weighted by Crippen LogP contribution is -2.72. The number of aliphatic hydroxyl groups is 1. The predicted molar refractivity (Wildman–Crippen MR) is 130 cm³/mol. The first-order chi connectivity index (χ1) is 18.8. The number of ether oxygens (including phenoxy) is 7. The van der Waals surface area contributed by atoms with Gasteiger partial charge in [0.2, 0.25) is 5.79 Å². The van der Waals surface area contributed by atoms with Crippen molar-refractivity contribution in [2.45, 2.75) is 108 Å². The number of carbonyl (C=O) groups is 5. The molecule has 1 saturated carbocycles. The van der Waals surface area contributed by atoms with Crippen LogP contribution >= 0.6 is 0 Å². The standard InChI is InChI=1S/C24H35N3O13/c1-13(28)35-12-19(37-15(3)30)21(38-16(4)31)24(33)20(26-27-25)18(36-14(2)29)11-23(40-24,22(32)34-5)39-17-9-7-6-8-10-17/h17-21,33H,6-12H2,1-5H3/t18-,19+,20+,21+,23?,24-/m0/s1. The molecule has 1 aliphatic carbocycles. The van der Waals surface area contributed by atoms with Crippen molar-refractivity contribution in [1.82, 2.24) is 0 Å². The Hall–Kier alpha value is -3.46. The number of methoxy groups -OCH3 is 1. The van der Waals surface area contributed by atoms with Gasteiger partial charge in [0, 0.05) is 32.6 Å². The Bertz CT molecular complexity index is 1010. The Morgan fingerprint density at radius 2 is 1.62 bits per heavy atom. The molecule has 2 rings (SSSR count). The Balaban J connectivity index is 2.78. The van der Waals surface area contributed by atoms with Crippen LogP contribution in [0.4, 0.5) is 0 Å². The van der Waals surface area contributed by atoms with Crippen LogP contribution in [0.3, 0.4) is 0 Å². The lowest BCUT2D eigenvalue weighted by Gasteiger charge is -2.52. The van der Waals surface area contributed by atoms with Crippen LogP contribution in [0.15, 0.2) is 5.11 Å². The zero-order valence-corrected chi connectivity index (χ0v) is 23.0. The van der Waals surface area contributed by atoms with E-state index in [0.29, 0.717) is 12.8 Å². The van der Waals surface area contributed by atoms with E-state index in [0.717, 1.165) is 54.1 Å². The maximum absolute atomic E-state index is 13.3. The molecule has 0 aromatic carbocycles. The summed E-state index contributed by atoms with van der Waals surface area (Å²) in [5, 5.41) is 15.7. The third kappa shape index (κ3) is 8.27. The maximum atomic E-state index is 13.3. The van der Waals surface area contributed by atoms with Gasteiger partial charge >= 0.3 is 29.8 Å². The van der Waals surface area contributed by atoms with Gasteiger partial charge in [-0.2, -0.15) is 0 Å². The van der Waals surface area contributed by atoms with E-state index in [4.69, 9.17) is 33.2 Å². The highest BCUT2D eigenvalue weighted by atomic mass is 16.8. The first-order valence-electron chi connectivity index (χ1n) is 12.7. The summed E-state index contributed by atoms with van der Waals surface area (Å²) in [6, 6.07) is -1.89. The average Bonchev–Trinajstić information content (AvgIpc) is 2.86. The lowest BCUT2D eigenvalue weighted by atomic mass is 9.85. The molecule has 1 aliphatic heterocycles. The number of hydrogen-bond acceptors (Lipinski definition) is 14. The molecule has 0 aromatic rings. The van der Waals surface area contributed by atoms with E-state index >= 15 is 0 Å². The molecule has 0 spiro atoms. The van der Waals surface area contributed by atoms with Crippen LogP contribution in [0.2, 0.25) is 0 Å². The molecular formula is C24H35N3O13. The SMILES string of the molecule is COC(=O)C1(OC2CCCCC2)C[C@H](OC(C)=O)[C@@H](N=[N+]=[N-])[C@@](O)([C@H](OC(C)=O)[C@@H](COC(C)=O)OC(C)=O)O1. The van der Waals surface area contributed by atoms with E-state index in [-0.39, 0.29) is 0 Å². The minimum Gasteiger partial charge on any atom is -0.465 e. The monoisotopic (exact) mass is 573 g/mol. The molecule has 6 atom stereocenters. The highest BCUT2D eigenvalue weighted by molar-refractivity contribution is 5.78. The lowest BCUT2D eigenvalue weighted by molar-refractivity contribution is -0.410. The molecule has 16 nitrogen and oxygen atoms in total. The summed E-state index contributed by atoms with van der Waals surface area (Å²) in [5.41, 5.74) is 9.34. The summed E-state index contributed by atoms with van der Waals surface area (Å²) in [6.45, 7) is 3.28. The van der Waals surface area contributed by atoms with Crippen molar-refractivity contribution < 1.29 is 62.2 Å². The zero-order valence-electron chi connectivity index (χ0n) is 23.0. The first kappa shape index (κ1) is 32.8. The number of esters is 5. The normalized spacial score (nSPS) is 28.1. The molecule has 1 unspecified atom stereocenters. The highest BCUT2D eigenvalue weighted by Gasteiger charge is 2.67. The minimum atomic E-state index is -3.07. The number of carbonyl (C=O) groups excluding carboxylic acids is 5. The number of nitrogens with zero attached hydrogens (tertiary/aromatic N) is 3. The van der Waals surface area contributed by atoms with Gasteiger partial charge in [0.05, 0.1) is 19.6 Å². The van der Waals surface area contributed by atoms with E-state index in [1.807, 2.05) is 0 Å². The molecule has 0 bridgehead atoms. The van der Waals surface area contributed by atoms with Gasteiger partial charge in [0.1, 0.15) is 18.8 Å². The molecule has 0 aromatic heterocycles. The molecule has 40 heavy (non-hydrogen) atoms. The molecule has 224 valence electrons. The minimum absolute atomic E-state index is 0.522. The molecule has 2 aliphatic rings. The van der Waals surface area contributed by atoms with E-state index in [1.54, 1.807) is 0 Å². The summed E-state index contributed by atoms with van der Waals surface area (Å²) >= 11 is 0. The molecule has 2 fully saturated rings. The molecule has 16 heteroatoms. The van der Waals surface area contributed by atoms with Crippen molar-refractivity contribution in [3.8, 4) is 0 Å². The number of hydrogen-bond donors (Lipinski definition) is 1. The van der Waals surface area contributed by atoms with Crippen molar-refractivity contribution >= 4 is 29.8 Å². The van der Waals surface area contributed by atoms with Crippen molar-refractivity contribution in [2.24, 2.45) is 5.11 Å². The van der Waals surface area contributed by atoms with Gasteiger partial charge in [-0.1, -0.05) is 24.4 Å². The summed E-state index contributed by atoms with van der Waals surface area (Å²) in [5.74, 6) is -10.4. The van der Waals surface area contributed by atoms with Gasteiger partial charge in [-0.05, 0) is 18.4 Å². The molecule has 0 radical (unpaired) electrons. The highest BCUT2D eigenvalue weighted by Crippen LogP contribution is 2.45. The van der Waals surface area contributed by atoms with Crippen LogP contribution in [-0.4, -0.2) is 90.7 Å². The Labute approximate surface area is 230 Å². The van der Waals surface area contributed by atoms with Gasteiger partial charge in [-0.3, -0.25) is 19.2 Å². The fourth-order valence-corrected chi connectivity index (χ4v) is 4.82.